The highest BCUT2D eigenvalue weighted by atomic mass is 16.6. The average molecular weight is 386 g/mol. The van der Waals surface area contributed by atoms with Crippen molar-refractivity contribution in [3.05, 3.63) is 82.3 Å². The molecule has 0 unspecified atom stereocenters. The van der Waals surface area contributed by atoms with Crippen LogP contribution in [0.3, 0.4) is 0 Å². The van der Waals surface area contributed by atoms with E-state index in [1.807, 2.05) is 30.0 Å². The van der Waals surface area contributed by atoms with Gasteiger partial charge >= 0.3 is 0 Å². The van der Waals surface area contributed by atoms with Crippen molar-refractivity contribution in [2.24, 2.45) is 0 Å². The van der Waals surface area contributed by atoms with Crippen molar-refractivity contribution in [3.63, 3.8) is 0 Å². The number of aromatic nitrogens is 3. The van der Waals surface area contributed by atoms with Gasteiger partial charge in [0, 0.05) is 23.1 Å². The number of nitrogens with zero attached hydrogens (tertiary/aromatic N) is 3. The number of fused-ring (bicyclic) bond motifs is 3. The first-order valence-corrected chi connectivity index (χ1v) is 9.86. The zero-order valence-electron chi connectivity index (χ0n) is 16.5. The Kier molecular flexibility index (Phi) is 4.19. The summed E-state index contributed by atoms with van der Waals surface area (Å²) in [5.74, 6) is 0.0290. The number of H-pyrrole nitrogens is 1. The number of carbonyl (C=O) groups is 1. The van der Waals surface area contributed by atoms with Crippen LogP contribution >= 0.6 is 0 Å². The fourth-order valence-electron chi connectivity index (χ4n) is 4.38. The topological polar surface area (TPSA) is 75.0 Å². The standard InChI is InChI=1S/C23H22N4O2/c1-14-7-3-4-8-16(14)23-22-18(17-9-5-6-10-19(17)24-22)11-12-27(23)21(28)13-20-15(2)25-29-26-20/h3-10,23-24H,11-13H2,1-2H3/t23-/m1/s1. The molecule has 3 heterocycles. The van der Waals surface area contributed by atoms with Gasteiger partial charge in [0.1, 0.15) is 11.4 Å². The van der Waals surface area contributed by atoms with Gasteiger partial charge in [-0.15, -0.1) is 0 Å². The van der Waals surface area contributed by atoms with Gasteiger partial charge in [0.15, 0.2) is 0 Å². The summed E-state index contributed by atoms with van der Waals surface area (Å²) in [7, 11) is 0. The number of nitrogens with one attached hydrogen (secondary N) is 1. The van der Waals surface area contributed by atoms with Gasteiger partial charge in [-0.05, 0) is 43.0 Å². The predicted molar refractivity (Wildman–Crippen MR) is 109 cm³/mol. The lowest BCUT2D eigenvalue weighted by atomic mass is 9.90. The molecule has 1 atom stereocenters. The predicted octanol–water partition coefficient (Wildman–Crippen LogP) is 3.88. The monoisotopic (exact) mass is 386 g/mol. The first-order chi connectivity index (χ1) is 14.1. The normalized spacial score (nSPS) is 16.2. The Morgan fingerprint density at radius 2 is 1.93 bits per heavy atom. The van der Waals surface area contributed by atoms with E-state index in [4.69, 9.17) is 4.63 Å². The summed E-state index contributed by atoms with van der Waals surface area (Å²) in [6, 6.07) is 16.5. The third-order valence-corrected chi connectivity index (χ3v) is 5.90. The van der Waals surface area contributed by atoms with Gasteiger partial charge in [0.25, 0.3) is 0 Å². The minimum atomic E-state index is -0.153. The summed E-state index contributed by atoms with van der Waals surface area (Å²) in [6.07, 6.45) is 1.01. The molecule has 4 aromatic rings. The lowest BCUT2D eigenvalue weighted by molar-refractivity contribution is -0.132. The number of carbonyl (C=O) groups excluding carboxylic acids is 1. The van der Waals surface area contributed by atoms with Crippen molar-refractivity contribution in [2.75, 3.05) is 6.54 Å². The third-order valence-electron chi connectivity index (χ3n) is 5.90. The minimum Gasteiger partial charge on any atom is -0.356 e. The van der Waals surface area contributed by atoms with Crippen molar-refractivity contribution in [2.45, 2.75) is 32.7 Å². The molecule has 2 aromatic carbocycles. The van der Waals surface area contributed by atoms with E-state index in [1.54, 1.807) is 0 Å². The van der Waals surface area contributed by atoms with Gasteiger partial charge in [0.2, 0.25) is 5.91 Å². The van der Waals surface area contributed by atoms with Gasteiger partial charge in [-0.25, -0.2) is 4.63 Å². The Labute approximate surface area is 168 Å². The quantitative estimate of drug-likeness (QED) is 0.580. The van der Waals surface area contributed by atoms with E-state index in [2.05, 4.69) is 52.6 Å². The molecule has 1 aliphatic heterocycles. The average Bonchev–Trinajstić information content (AvgIpc) is 3.31. The second-order valence-corrected chi connectivity index (χ2v) is 7.63. The van der Waals surface area contributed by atoms with E-state index in [9.17, 15) is 4.79 Å². The summed E-state index contributed by atoms with van der Waals surface area (Å²) < 4.78 is 4.78. The molecule has 1 amide bonds. The molecule has 0 bridgehead atoms. The Hall–Kier alpha value is -3.41. The summed E-state index contributed by atoms with van der Waals surface area (Å²) >= 11 is 0. The van der Waals surface area contributed by atoms with Gasteiger partial charge in [-0.1, -0.05) is 52.8 Å². The SMILES string of the molecule is Cc1ccccc1[C@@H]1c2[nH]c3ccccc3c2CCN1C(=O)Cc1nonc1C. The van der Waals surface area contributed by atoms with Crippen LogP contribution in [0.2, 0.25) is 0 Å². The first-order valence-electron chi connectivity index (χ1n) is 9.86. The lowest BCUT2D eigenvalue weighted by Crippen LogP contribution is -2.41. The lowest BCUT2D eigenvalue weighted by Gasteiger charge is -2.37. The number of hydrogen-bond donors (Lipinski definition) is 1. The number of aromatic amines is 1. The van der Waals surface area contributed by atoms with Crippen molar-refractivity contribution < 1.29 is 9.42 Å². The Morgan fingerprint density at radius 3 is 2.72 bits per heavy atom. The molecule has 146 valence electrons. The van der Waals surface area contributed by atoms with Crippen LogP contribution in [0.1, 0.15) is 39.8 Å². The highest BCUT2D eigenvalue weighted by Gasteiger charge is 2.35. The number of rotatable bonds is 3. The van der Waals surface area contributed by atoms with Crippen LogP contribution < -0.4 is 0 Å². The van der Waals surface area contributed by atoms with Crippen LogP contribution in [0.5, 0.6) is 0 Å². The van der Waals surface area contributed by atoms with Crippen LogP contribution in [0, 0.1) is 13.8 Å². The molecule has 0 aliphatic carbocycles. The largest absolute Gasteiger partial charge is 0.356 e. The minimum absolute atomic E-state index is 0.0290. The summed E-state index contributed by atoms with van der Waals surface area (Å²) in [6.45, 7) is 4.57. The molecule has 2 aromatic heterocycles. The number of amides is 1. The van der Waals surface area contributed by atoms with Gasteiger partial charge in [0.05, 0.1) is 12.5 Å². The second kappa shape index (κ2) is 6.88. The second-order valence-electron chi connectivity index (χ2n) is 7.63. The molecular formula is C23H22N4O2. The molecular weight excluding hydrogens is 364 g/mol. The fraction of sp³-hybridized carbons (Fsp3) is 0.261. The van der Waals surface area contributed by atoms with Crippen molar-refractivity contribution in [1.29, 1.82) is 0 Å². The number of aryl methyl sites for hydroxylation is 2. The van der Waals surface area contributed by atoms with Gasteiger partial charge in [-0.2, -0.15) is 0 Å². The highest BCUT2D eigenvalue weighted by molar-refractivity contribution is 5.87. The molecule has 1 N–H and O–H groups in total. The van der Waals surface area contributed by atoms with E-state index in [0.29, 0.717) is 17.9 Å². The Morgan fingerprint density at radius 1 is 1.14 bits per heavy atom. The number of hydrogen-bond acceptors (Lipinski definition) is 4. The molecule has 0 spiro atoms. The molecule has 1 aliphatic rings. The number of para-hydroxylation sites is 1. The first kappa shape index (κ1) is 17.7. The molecule has 5 rings (SSSR count). The Bertz CT molecular complexity index is 1210. The third kappa shape index (κ3) is 2.92. The molecule has 6 heteroatoms. The van der Waals surface area contributed by atoms with Gasteiger partial charge in [-0.3, -0.25) is 4.79 Å². The maximum Gasteiger partial charge on any atom is 0.229 e. The maximum absolute atomic E-state index is 13.3. The fourth-order valence-corrected chi connectivity index (χ4v) is 4.38. The molecule has 0 saturated carbocycles. The maximum atomic E-state index is 13.3. The summed E-state index contributed by atoms with van der Waals surface area (Å²) in [5, 5.41) is 8.95. The van der Waals surface area contributed by atoms with E-state index < -0.39 is 0 Å². The smallest absolute Gasteiger partial charge is 0.229 e. The molecule has 0 fully saturated rings. The van der Waals surface area contributed by atoms with Crippen molar-refractivity contribution in [1.82, 2.24) is 20.2 Å². The van der Waals surface area contributed by atoms with E-state index in [1.165, 1.54) is 16.5 Å². The highest BCUT2D eigenvalue weighted by Crippen LogP contribution is 2.39. The van der Waals surface area contributed by atoms with Gasteiger partial charge < -0.3 is 9.88 Å². The van der Waals surface area contributed by atoms with E-state index in [0.717, 1.165) is 23.2 Å². The number of benzene rings is 2. The van der Waals surface area contributed by atoms with Crippen molar-refractivity contribution in [3.8, 4) is 0 Å². The summed E-state index contributed by atoms with van der Waals surface area (Å²) in [4.78, 5) is 18.9. The van der Waals surface area contributed by atoms with Crippen LogP contribution in [0.4, 0.5) is 0 Å². The Balaban J connectivity index is 1.62. The van der Waals surface area contributed by atoms with E-state index >= 15 is 0 Å². The molecule has 0 radical (unpaired) electrons. The molecule has 29 heavy (non-hydrogen) atoms. The molecule has 6 nitrogen and oxygen atoms in total. The zero-order chi connectivity index (χ0) is 20.0. The van der Waals surface area contributed by atoms with Crippen molar-refractivity contribution >= 4 is 16.8 Å². The zero-order valence-corrected chi connectivity index (χ0v) is 16.5. The van der Waals surface area contributed by atoms with Crippen LogP contribution in [0.15, 0.2) is 53.2 Å². The van der Waals surface area contributed by atoms with Crippen LogP contribution in [0.25, 0.3) is 10.9 Å². The van der Waals surface area contributed by atoms with Crippen LogP contribution in [-0.4, -0.2) is 32.6 Å². The van der Waals surface area contributed by atoms with Crippen LogP contribution in [-0.2, 0) is 17.6 Å². The van der Waals surface area contributed by atoms with E-state index in [-0.39, 0.29) is 18.4 Å². The molecule has 0 saturated heterocycles. The summed E-state index contributed by atoms with van der Waals surface area (Å²) in [5.41, 5.74) is 7.09.